The number of imidazole rings is 1. The third-order valence-electron chi connectivity index (χ3n) is 5.47. The first kappa shape index (κ1) is 20.6. The summed E-state index contributed by atoms with van der Waals surface area (Å²) in [6.07, 6.45) is 7.83. The van der Waals surface area contributed by atoms with Gasteiger partial charge in [-0.15, -0.1) is 0 Å². The van der Waals surface area contributed by atoms with Crippen LogP contribution in [0, 0.1) is 5.92 Å². The van der Waals surface area contributed by atoms with Gasteiger partial charge in [0.15, 0.2) is 0 Å². The Balaban J connectivity index is 1.54. The van der Waals surface area contributed by atoms with E-state index in [1.165, 1.54) is 12.5 Å². The van der Waals surface area contributed by atoms with Crippen LogP contribution in [0.2, 0.25) is 0 Å². The van der Waals surface area contributed by atoms with Gasteiger partial charge in [-0.3, -0.25) is 9.59 Å². The smallest absolute Gasteiger partial charge is 0.275 e. The van der Waals surface area contributed by atoms with E-state index < -0.39 is 0 Å². The summed E-state index contributed by atoms with van der Waals surface area (Å²) in [6.45, 7) is 3.00. The molecule has 158 valence electrons. The summed E-state index contributed by atoms with van der Waals surface area (Å²) in [5, 5.41) is 0. The number of amides is 2. The van der Waals surface area contributed by atoms with E-state index in [9.17, 15) is 9.59 Å². The molecule has 1 aliphatic rings. The molecule has 1 N–H and O–H groups in total. The molecule has 2 amide bonds. The van der Waals surface area contributed by atoms with Crippen molar-refractivity contribution in [2.45, 2.75) is 19.8 Å². The summed E-state index contributed by atoms with van der Waals surface area (Å²) < 4.78 is 0. The van der Waals surface area contributed by atoms with Gasteiger partial charge >= 0.3 is 0 Å². The topological polar surface area (TPSA) is 69.3 Å². The molecule has 0 unspecified atom stereocenters. The fourth-order valence-corrected chi connectivity index (χ4v) is 3.85. The summed E-state index contributed by atoms with van der Waals surface area (Å²) >= 11 is 0. The monoisotopic (exact) mass is 414 g/mol. The third-order valence-corrected chi connectivity index (χ3v) is 5.47. The highest BCUT2D eigenvalue weighted by atomic mass is 16.2. The lowest BCUT2D eigenvalue weighted by Crippen LogP contribution is -2.38. The number of nitrogens with one attached hydrogen (secondary N) is 1. The molecule has 6 heteroatoms. The second-order valence-electron chi connectivity index (χ2n) is 7.72. The predicted molar refractivity (Wildman–Crippen MR) is 120 cm³/mol. The highest BCUT2D eigenvalue weighted by Gasteiger charge is 2.30. The van der Waals surface area contributed by atoms with Gasteiger partial charge < -0.3 is 14.8 Å². The summed E-state index contributed by atoms with van der Waals surface area (Å²) in [5.41, 5.74) is 3.79. The minimum absolute atomic E-state index is 0.0464. The zero-order valence-electron chi connectivity index (χ0n) is 17.6. The highest BCUT2D eigenvalue weighted by molar-refractivity contribution is 5.93. The molecular formula is C25H26N4O2. The standard InChI is InChI=1S/C25H26N4O2/c1-2-12-28-13-14-29(25(31)23-16-26-18-27-23)17-22(24(28)30)15-19-8-10-21(11-9-19)20-6-4-3-5-7-20/h3-11,13-14,16,18,22H,2,12,15,17H2,1H3,(H,26,27)/t22-/m0/s1. The van der Waals surface area contributed by atoms with Crippen LogP contribution in [-0.4, -0.2) is 44.7 Å². The van der Waals surface area contributed by atoms with Crippen molar-refractivity contribution in [2.75, 3.05) is 13.1 Å². The molecule has 0 fully saturated rings. The largest absolute Gasteiger partial charge is 0.341 e. The molecule has 0 bridgehead atoms. The number of rotatable bonds is 6. The fourth-order valence-electron chi connectivity index (χ4n) is 3.85. The van der Waals surface area contributed by atoms with Gasteiger partial charge in [-0.05, 0) is 29.5 Å². The molecule has 2 aromatic carbocycles. The van der Waals surface area contributed by atoms with Gasteiger partial charge in [0.1, 0.15) is 5.69 Å². The third kappa shape index (κ3) is 4.74. The number of aromatic amines is 1. The summed E-state index contributed by atoms with van der Waals surface area (Å²) in [7, 11) is 0. The minimum Gasteiger partial charge on any atom is -0.341 e. The average Bonchev–Trinajstić information content (AvgIpc) is 3.30. The van der Waals surface area contributed by atoms with Crippen LogP contribution in [0.25, 0.3) is 11.1 Å². The molecule has 0 saturated heterocycles. The number of nitrogens with zero attached hydrogens (tertiary/aromatic N) is 3. The van der Waals surface area contributed by atoms with Crippen molar-refractivity contribution in [1.82, 2.24) is 19.8 Å². The van der Waals surface area contributed by atoms with E-state index in [1.54, 1.807) is 22.2 Å². The molecule has 2 heterocycles. The Labute approximate surface area is 182 Å². The number of aromatic nitrogens is 2. The molecule has 1 atom stereocenters. The maximum absolute atomic E-state index is 13.2. The predicted octanol–water partition coefficient (Wildman–Crippen LogP) is 4.10. The zero-order chi connectivity index (χ0) is 21.6. The van der Waals surface area contributed by atoms with Gasteiger partial charge in [0.05, 0.1) is 18.4 Å². The quantitative estimate of drug-likeness (QED) is 0.660. The average molecular weight is 415 g/mol. The van der Waals surface area contributed by atoms with E-state index in [1.807, 2.05) is 25.1 Å². The summed E-state index contributed by atoms with van der Waals surface area (Å²) in [4.78, 5) is 36.2. The number of H-pyrrole nitrogens is 1. The Kier molecular flexibility index (Phi) is 6.26. The fraction of sp³-hybridized carbons (Fsp3) is 0.240. The summed E-state index contributed by atoms with van der Waals surface area (Å²) in [6, 6.07) is 18.5. The van der Waals surface area contributed by atoms with Gasteiger partial charge in [0.25, 0.3) is 5.91 Å². The van der Waals surface area contributed by atoms with Crippen LogP contribution in [0.5, 0.6) is 0 Å². The second-order valence-corrected chi connectivity index (χ2v) is 7.72. The number of hydrogen-bond acceptors (Lipinski definition) is 3. The molecule has 4 rings (SSSR count). The van der Waals surface area contributed by atoms with E-state index in [4.69, 9.17) is 0 Å². The van der Waals surface area contributed by atoms with Crippen molar-refractivity contribution < 1.29 is 9.59 Å². The van der Waals surface area contributed by atoms with Crippen molar-refractivity contribution in [1.29, 1.82) is 0 Å². The molecular weight excluding hydrogens is 388 g/mol. The molecule has 0 saturated carbocycles. The molecule has 1 aliphatic heterocycles. The van der Waals surface area contributed by atoms with Crippen LogP contribution in [-0.2, 0) is 11.2 Å². The molecule has 31 heavy (non-hydrogen) atoms. The van der Waals surface area contributed by atoms with Gasteiger partial charge in [-0.2, -0.15) is 0 Å². The van der Waals surface area contributed by atoms with Gasteiger partial charge in [0, 0.05) is 25.5 Å². The summed E-state index contributed by atoms with van der Waals surface area (Å²) in [5.74, 6) is -0.467. The molecule has 0 aliphatic carbocycles. The normalized spacial score (nSPS) is 16.4. The molecule has 6 nitrogen and oxygen atoms in total. The Morgan fingerprint density at radius 1 is 1.06 bits per heavy atom. The maximum Gasteiger partial charge on any atom is 0.275 e. The highest BCUT2D eigenvalue weighted by Crippen LogP contribution is 2.23. The molecule has 0 spiro atoms. The number of benzene rings is 2. The van der Waals surface area contributed by atoms with E-state index in [2.05, 4.69) is 46.4 Å². The first-order chi connectivity index (χ1) is 15.2. The van der Waals surface area contributed by atoms with E-state index in [-0.39, 0.29) is 17.7 Å². The van der Waals surface area contributed by atoms with Gasteiger partial charge in [0.2, 0.25) is 5.91 Å². The lowest BCUT2D eigenvalue weighted by atomic mass is 9.95. The van der Waals surface area contributed by atoms with E-state index in [0.717, 1.165) is 23.1 Å². The maximum atomic E-state index is 13.2. The number of carbonyl (C=O) groups excluding carboxylic acids is 2. The van der Waals surface area contributed by atoms with Crippen LogP contribution >= 0.6 is 0 Å². The van der Waals surface area contributed by atoms with Crippen LogP contribution in [0.4, 0.5) is 0 Å². The first-order valence-corrected chi connectivity index (χ1v) is 10.6. The lowest BCUT2D eigenvalue weighted by Gasteiger charge is -2.23. The SMILES string of the molecule is CCCN1C=CN(C(=O)c2cnc[nH]2)C[C@H](Cc2ccc(-c3ccccc3)cc2)C1=O. The van der Waals surface area contributed by atoms with Crippen LogP contribution < -0.4 is 0 Å². The number of carbonyl (C=O) groups is 2. The zero-order valence-corrected chi connectivity index (χ0v) is 17.6. The minimum atomic E-state index is -0.323. The van der Waals surface area contributed by atoms with Gasteiger partial charge in [-0.25, -0.2) is 4.98 Å². The molecule has 3 aromatic rings. The Bertz CT molecular complexity index is 1040. The Hall–Kier alpha value is -3.67. The molecule has 0 radical (unpaired) electrons. The van der Waals surface area contributed by atoms with Crippen LogP contribution in [0.1, 0.15) is 29.4 Å². The van der Waals surface area contributed by atoms with Crippen molar-refractivity contribution in [2.24, 2.45) is 5.92 Å². The van der Waals surface area contributed by atoms with Crippen molar-refractivity contribution in [3.63, 3.8) is 0 Å². The Morgan fingerprint density at radius 2 is 1.81 bits per heavy atom. The lowest BCUT2D eigenvalue weighted by molar-refractivity contribution is -0.132. The molecule has 1 aromatic heterocycles. The van der Waals surface area contributed by atoms with E-state index >= 15 is 0 Å². The number of hydrogen-bond donors (Lipinski definition) is 1. The van der Waals surface area contributed by atoms with Crippen LogP contribution in [0.15, 0.2) is 79.5 Å². The van der Waals surface area contributed by atoms with Crippen molar-refractivity contribution in [3.05, 3.63) is 90.8 Å². The van der Waals surface area contributed by atoms with Crippen molar-refractivity contribution in [3.8, 4) is 11.1 Å². The van der Waals surface area contributed by atoms with Crippen molar-refractivity contribution >= 4 is 11.8 Å². The van der Waals surface area contributed by atoms with Gasteiger partial charge in [-0.1, -0.05) is 61.5 Å². The van der Waals surface area contributed by atoms with E-state index in [0.29, 0.717) is 25.2 Å². The first-order valence-electron chi connectivity index (χ1n) is 10.6. The second kappa shape index (κ2) is 9.43. The Morgan fingerprint density at radius 3 is 2.48 bits per heavy atom. The van der Waals surface area contributed by atoms with Crippen LogP contribution in [0.3, 0.4) is 0 Å².